The number of aromatic nitrogens is 4. The normalized spacial score (nSPS) is 12.7. The van der Waals surface area contributed by atoms with Gasteiger partial charge < -0.3 is 10.3 Å². The zero-order chi connectivity index (χ0) is 13.1. The lowest BCUT2D eigenvalue weighted by molar-refractivity contribution is 0.417. The Hall–Kier alpha value is -1.82. The Kier molecular flexibility index (Phi) is 3.66. The molecule has 2 rings (SSSR count). The number of aryl methyl sites for hydroxylation is 2. The SMILES string of the molecule is CCc1nnc(C)cc1-c1nc(C(C)CN)no1. The summed E-state index contributed by atoms with van der Waals surface area (Å²) >= 11 is 0. The summed E-state index contributed by atoms with van der Waals surface area (Å²) in [5, 5.41) is 12.1. The van der Waals surface area contributed by atoms with E-state index in [0.717, 1.165) is 23.4 Å². The Morgan fingerprint density at radius 1 is 1.39 bits per heavy atom. The molecule has 0 bridgehead atoms. The van der Waals surface area contributed by atoms with Crippen LogP contribution in [-0.4, -0.2) is 26.9 Å². The average molecular weight is 247 g/mol. The molecule has 2 aromatic heterocycles. The Bertz CT molecular complexity index is 537. The van der Waals surface area contributed by atoms with E-state index >= 15 is 0 Å². The van der Waals surface area contributed by atoms with Crippen molar-refractivity contribution >= 4 is 0 Å². The van der Waals surface area contributed by atoms with Gasteiger partial charge in [0.15, 0.2) is 5.82 Å². The lowest BCUT2D eigenvalue weighted by Crippen LogP contribution is -2.10. The molecule has 0 aliphatic heterocycles. The summed E-state index contributed by atoms with van der Waals surface area (Å²) in [6.07, 6.45) is 0.771. The zero-order valence-electron chi connectivity index (χ0n) is 10.8. The van der Waals surface area contributed by atoms with Gasteiger partial charge in [-0.15, -0.1) is 0 Å². The standard InChI is InChI=1S/C12H17N5O/c1-4-10-9(5-8(3)15-16-10)12-14-11(17-18-12)7(2)6-13/h5,7H,4,6,13H2,1-3H3. The van der Waals surface area contributed by atoms with Crippen LogP contribution < -0.4 is 5.73 Å². The highest BCUT2D eigenvalue weighted by molar-refractivity contribution is 5.56. The highest BCUT2D eigenvalue weighted by Gasteiger charge is 2.16. The van der Waals surface area contributed by atoms with E-state index in [0.29, 0.717) is 18.3 Å². The molecule has 0 amide bonds. The minimum Gasteiger partial charge on any atom is -0.334 e. The highest BCUT2D eigenvalue weighted by atomic mass is 16.5. The van der Waals surface area contributed by atoms with E-state index in [2.05, 4.69) is 20.3 Å². The van der Waals surface area contributed by atoms with E-state index in [9.17, 15) is 0 Å². The first-order chi connectivity index (χ1) is 8.65. The predicted molar refractivity (Wildman–Crippen MR) is 66.9 cm³/mol. The van der Waals surface area contributed by atoms with Crippen LogP contribution in [0.5, 0.6) is 0 Å². The smallest absolute Gasteiger partial charge is 0.259 e. The first kappa shape index (κ1) is 12.6. The van der Waals surface area contributed by atoms with Gasteiger partial charge in [0.2, 0.25) is 0 Å². The molecular weight excluding hydrogens is 230 g/mol. The fourth-order valence-corrected chi connectivity index (χ4v) is 1.61. The minimum atomic E-state index is 0.0865. The van der Waals surface area contributed by atoms with Gasteiger partial charge in [0.05, 0.1) is 17.0 Å². The van der Waals surface area contributed by atoms with E-state index in [4.69, 9.17) is 10.3 Å². The molecule has 0 spiro atoms. The van der Waals surface area contributed by atoms with Crippen molar-refractivity contribution in [1.82, 2.24) is 20.3 Å². The van der Waals surface area contributed by atoms with Crippen LogP contribution in [0.3, 0.4) is 0 Å². The summed E-state index contributed by atoms with van der Waals surface area (Å²) in [6, 6.07) is 1.91. The Morgan fingerprint density at radius 2 is 2.17 bits per heavy atom. The Balaban J connectivity index is 2.42. The fourth-order valence-electron chi connectivity index (χ4n) is 1.61. The molecule has 0 aliphatic rings. The average Bonchev–Trinajstić information content (AvgIpc) is 2.87. The van der Waals surface area contributed by atoms with Crippen molar-refractivity contribution in [2.45, 2.75) is 33.1 Å². The number of hydrogen-bond acceptors (Lipinski definition) is 6. The molecular formula is C12H17N5O. The van der Waals surface area contributed by atoms with Crippen LogP contribution in [0.15, 0.2) is 10.6 Å². The van der Waals surface area contributed by atoms with Gasteiger partial charge in [0.25, 0.3) is 5.89 Å². The zero-order valence-corrected chi connectivity index (χ0v) is 10.8. The van der Waals surface area contributed by atoms with E-state index < -0.39 is 0 Å². The van der Waals surface area contributed by atoms with Crippen LogP contribution in [0.25, 0.3) is 11.5 Å². The number of nitrogens with two attached hydrogens (primary N) is 1. The molecule has 6 nitrogen and oxygen atoms in total. The lowest BCUT2D eigenvalue weighted by atomic mass is 10.1. The molecule has 0 aliphatic carbocycles. The molecule has 0 aromatic carbocycles. The van der Waals surface area contributed by atoms with Crippen LogP contribution in [-0.2, 0) is 6.42 Å². The van der Waals surface area contributed by atoms with E-state index in [1.807, 2.05) is 26.8 Å². The van der Waals surface area contributed by atoms with Crippen molar-refractivity contribution in [3.63, 3.8) is 0 Å². The van der Waals surface area contributed by atoms with E-state index in [1.165, 1.54) is 0 Å². The van der Waals surface area contributed by atoms with Crippen molar-refractivity contribution in [3.05, 3.63) is 23.3 Å². The van der Waals surface area contributed by atoms with Gasteiger partial charge in [0, 0.05) is 12.5 Å². The van der Waals surface area contributed by atoms with Gasteiger partial charge in [-0.2, -0.15) is 15.2 Å². The maximum atomic E-state index is 5.59. The minimum absolute atomic E-state index is 0.0865. The monoisotopic (exact) mass is 247 g/mol. The number of nitrogens with zero attached hydrogens (tertiary/aromatic N) is 4. The van der Waals surface area contributed by atoms with Crippen molar-refractivity contribution in [3.8, 4) is 11.5 Å². The Labute approximate surface area is 106 Å². The first-order valence-electron chi connectivity index (χ1n) is 6.03. The second-order valence-electron chi connectivity index (χ2n) is 4.29. The van der Waals surface area contributed by atoms with E-state index in [-0.39, 0.29) is 5.92 Å². The third-order valence-corrected chi connectivity index (χ3v) is 2.79. The third kappa shape index (κ3) is 2.38. The van der Waals surface area contributed by atoms with Gasteiger partial charge in [-0.25, -0.2) is 0 Å². The quantitative estimate of drug-likeness (QED) is 0.879. The molecule has 6 heteroatoms. The lowest BCUT2D eigenvalue weighted by Gasteiger charge is -2.02. The Morgan fingerprint density at radius 3 is 2.83 bits per heavy atom. The molecule has 2 aromatic rings. The molecule has 96 valence electrons. The summed E-state index contributed by atoms with van der Waals surface area (Å²) in [7, 11) is 0. The van der Waals surface area contributed by atoms with Crippen molar-refractivity contribution in [1.29, 1.82) is 0 Å². The van der Waals surface area contributed by atoms with E-state index in [1.54, 1.807) is 0 Å². The first-order valence-corrected chi connectivity index (χ1v) is 6.03. The largest absolute Gasteiger partial charge is 0.334 e. The molecule has 2 heterocycles. The summed E-state index contributed by atoms with van der Waals surface area (Å²) in [6.45, 7) is 6.36. The molecule has 0 saturated heterocycles. The summed E-state index contributed by atoms with van der Waals surface area (Å²) < 4.78 is 5.29. The van der Waals surface area contributed by atoms with Crippen molar-refractivity contribution < 1.29 is 4.52 Å². The predicted octanol–water partition coefficient (Wildman–Crippen LogP) is 1.46. The van der Waals surface area contributed by atoms with Crippen LogP contribution in [0.2, 0.25) is 0 Å². The molecule has 18 heavy (non-hydrogen) atoms. The summed E-state index contributed by atoms with van der Waals surface area (Å²) in [5.41, 5.74) is 8.13. The van der Waals surface area contributed by atoms with Gasteiger partial charge in [-0.05, 0) is 19.4 Å². The van der Waals surface area contributed by atoms with Crippen molar-refractivity contribution in [2.75, 3.05) is 6.54 Å². The molecule has 2 N–H and O–H groups in total. The maximum Gasteiger partial charge on any atom is 0.259 e. The molecule has 1 atom stereocenters. The number of hydrogen-bond donors (Lipinski definition) is 1. The second-order valence-corrected chi connectivity index (χ2v) is 4.29. The maximum absolute atomic E-state index is 5.59. The number of rotatable bonds is 4. The highest BCUT2D eigenvalue weighted by Crippen LogP contribution is 2.23. The van der Waals surface area contributed by atoms with Crippen LogP contribution in [0, 0.1) is 6.92 Å². The van der Waals surface area contributed by atoms with Gasteiger partial charge in [-0.1, -0.05) is 19.0 Å². The van der Waals surface area contributed by atoms with Crippen LogP contribution >= 0.6 is 0 Å². The fraction of sp³-hybridized carbons (Fsp3) is 0.500. The molecule has 0 saturated carbocycles. The van der Waals surface area contributed by atoms with Gasteiger partial charge in [-0.3, -0.25) is 0 Å². The van der Waals surface area contributed by atoms with Crippen LogP contribution in [0.1, 0.15) is 37.0 Å². The third-order valence-electron chi connectivity index (χ3n) is 2.79. The second kappa shape index (κ2) is 5.22. The molecule has 1 unspecified atom stereocenters. The summed E-state index contributed by atoms with van der Waals surface area (Å²) in [4.78, 5) is 4.38. The van der Waals surface area contributed by atoms with Crippen molar-refractivity contribution in [2.24, 2.45) is 5.73 Å². The summed E-state index contributed by atoms with van der Waals surface area (Å²) in [5.74, 6) is 1.20. The topological polar surface area (TPSA) is 90.7 Å². The van der Waals surface area contributed by atoms with Gasteiger partial charge >= 0.3 is 0 Å². The van der Waals surface area contributed by atoms with Crippen LogP contribution in [0.4, 0.5) is 0 Å². The molecule has 0 radical (unpaired) electrons. The van der Waals surface area contributed by atoms with Gasteiger partial charge in [0.1, 0.15) is 0 Å². The molecule has 0 fully saturated rings.